The number of nitrogens with one attached hydrogen (secondary N) is 1. The van der Waals surface area contributed by atoms with Gasteiger partial charge in [0.15, 0.2) is 0 Å². The van der Waals surface area contributed by atoms with Gasteiger partial charge >= 0.3 is 0 Å². The number of piperazine rings is 1. The molecule has 1 aliphatic rings. The molecule has 0 bridgehead atoms. The standard InChI is InChI=1S/C16H23N3O2/c1-13-3-5-15(6-4-13)17-8-7-16(21)19-11-9-18(10-12-19)14(2)20/h3-6,17H,7-12H2,1-2H3. The quantitative estimate of drug-likeness (QED) is 0.913. The van der Waals surface area contributed by atoms with Gasteiger partial charge in [-0.15, -0.1) is 0 Å². The van der Waals surface area contributed by atoms with Gasteiger partial charge in [-0.1, -0.05) is 17.7 Å². The van der Waals surface area contributed by atoms with E-state index >= 15 is 0 Å². The van der Waals surface area contributed by atoms with Crippen LogP contribution in [0.4, 0.5) is 5.69 Å². The van der Waals surface area contributed by atoms with Gasteiger partial charge in [-0.05, 0) is 19.1 Å². The van der Waals surface area contributed by atoms with E-state index in [0.717, 1.165) is 5.69 Å². The van der Waals surface area contributed by atoms with E-state index in [9.17, 15) is 9.59 Å². The molecular formula is C16H23N3O2. The first kappa shape index (κ1) is 15.4. The van der Waals surface area contributed by atoms with E-state index in [0.29, 0.717) is 39.1 Å². The van der Waals surface area contributed by atoms with Gasteiger partial charge in [0.05, 0.1) is 0 Å². The highest BCUT2D eigenvalue weighted by Gasteiger charge is 2.21. The molecule has 0 spiro atoms. The summed E-state index contributed by atoms with van der Waals surface area (Å²) in [5.74, 6) is 0.237. The van der Waals surface area contributed by atoms with Crippen molar-refractivity contribution in [3.8, 4) is 0 Å². The lowest BCUT2D eigenvalue weighted by molar-refractivity contribution is -0.138. The number of benzene rings is 1. The lowest BCUT2D eigenvalue weighted by Gasteiger charge is -2.34. The molecule has 5 heteroatoms. The molecule has 1 aromatic carbocycles. The lowest BCUT2D eigenvalue weighted by atomic mass is 10.2. The summed E-state index contributed by atoms with van der Waals surface area (Å²) in [6.07, 6.45) is 0.480. The number of amides is 2. The fourth-order valence-electron chi connectivity index (χ4n) is 2.41. The number of carbonyl (C=O) groups is 2. The Morgan fingerprint density at radius 2 is 1.62 bits per heavy atom. The molecule has 0 saturated carbocycles. The summed E-state index contributed by atoms with van der Waals surface area (Å²) in [5, 5.41) is 3.26. The summed E-state index contributed by atoms with van der Waals surface area (Å²) in [4.78, 5) is 27.0. The van der Waals surface area contributed by atoms with Crippen LogP contribution in [0.1, 0.15) is 18.9 Å². The van der Waals surface area contributed by atoms with Crippen LogP contribution in [0.2, 0.25) is 0 Å². The number of hydrogen-bond acceptors (Lipinski definition) is 3. The highest BCUT2D eigenvalue weighted by molar-refractivity contribution is 5.78. The van der Waals surface area contributed by atoms with E-state index in [2.05, 4.69) is 5.32 Å². The van der Waals surface area contributed by atoms with Gasteiger partial charge in [-0.3, -0.25) is 9.59 Å². The van der Waals surface area contributed by atoms with E-state index in [-0.39, 0.29) is 11.8 Å². The van der Waals surface area contributed by atoms with Crippen molar-refractivity contribution in [1.29, 1.82) is 0 Å². The third kappa shape index (κ3) is 4.48. The van der Waals surface area contributed by atoms with E-state index in [1.54, 1.807) is 11.8 Å². The Hall–Kier alpha value is -2.04. The molecule has 21 heavy (non-hydrogen) atoms. The van der Waals surface area contributed by atoms with Gasteiger partial charge in [-0.25, -0.2) is 0 Å². The van der Waals surface area contributed by atoms with Crippen LogP contribution in [-0.2, 0) is 9.59 Å². The highest BCUT2D eigenvalue weighted by atomic mass is 16.2. The van der Waals surface area contributed by atoms with Crippen molar-refractivity contribution in [2.24, 2.45) is 0 Å². The van der Waals surface area contributed by atoms with E-state index in [1.807, 2.05) is 36.1 Å². The van der Waals surface area contributed by atoms with Crippen LogP contribution in [0, 0.1) is 6.92 Å². The zero-order valence-corrected chi connectivity index (χ0v) is 12.8. The average Bonchev–Trinajstić information content (AvgIpc) is 2.49. The molecule has 0 radical (unpaired) electrons. The summed E-state index contributed by atoms with van der Waals surface area (Å²) in [5.41, 5.74) is 2.26. The Morgan fingerprint density at radius 1 is 1.05 bits per heavy atom. The van der Waals surface area contributed by atoms with Crippen LogP contribution in [0.25, 0.3) is 0 Å². The van der Waals surface area contributed by atoms with Crippen LogP contribution < -0.4 is 5.32 Å². The maximum absolute atomic E-state index is 12.1. The molecule has 114 valence electrons. The Balaban J connectivity index is 1.70. The number of aryl methyl sites for hydroxylation is 1. The molecule has 1 aromatic rings. The topological polar surface area (TPSA) is 52.7 Å². The van der Waals surface area contributed by atoms with Crippen molar-refractivity contribution in [3.05, 3.63) is 29.8 Å². The molecular weight excluding hydrogens is 266 g/mol. The Morgan fingerprint density at radius 3 is 2.19 bits per heavy atom. The van der Waals surface area contributed by atoms with Gasteiger partial charge in [0.1, 0.15) is 0 Å². The first-order chi connectivity index (χ1) is 10.1. The summed E-state index contributed by atoms with van der Waals surface area (Å²) in [6.45, 7) is 6.83. The number of hydrogen-bond donors (Lipinski definition) is 1. The lowest BCUT2D eigenvalue weighted by Crippen LogP contribution is -2.50. The van der Waals surface area contributed by atoms with Crippen molar-refractivity contribution in [2.45, 2.75) is 20.3 Å². The first-order valence-corrected chi connectivity index (χ1v) is 7.40. The zero-order valence-electron chi connectivity index (χ0n) is 12.8. The van der Waals surface area contributed by atoms with E-state index < -0.39 is 0 Å². The maximum atomic E-state index is 12.1. The minimum Gasteiger partial charge on any atom is -0.385 e. The predicted molar refractivity (Wildman–Crippen MR) is 83.1 cm³/mol. The van der Waals surface area contributed by atoms with Crippen molar-refractivity contribution >= 4 is 17.5 Å². The molecule has 0 aliphatic carbocycles. The fourth-order valence-corrected chi connectivity index (χ4v) is 2.41. The highest BCUT2D eigenvalue weighted by Crippen LogP contribution is 2.09. The molecule has 1 fully saturated rings. The zero-order chi connectivity index (χ0) is 15.2. The normalized spacial score (nSPS) is 15.0. The van der Waals surface area contributed by atoms with E-state index in [1.165, 1.54) is 5.56 Å². The number of nitrogens with zero attached hydrogens (tertiary/aromatic N) is 2. The van der Waals surface area contributed by atoms with Crippen LogP contribution in [0.5, 0.6) is 0 Å². The van der Waals surface area contributed by atoms with Crippen molar-refractivity contribution in [1.82, 2.24) is 9.80 Å². The largest absolute Gasteiger partial charge is 0.385 e. The van der Waals surface area contributed by atoms with Gasteiger partial charge < -0.3 is 15.1 Å². The predicted octanol–water partition coefficient (Wildman–Crippen LogP) is 1.49. The molecule has 5 nitrogen and oxygen atoms in total. The molecule has 0 aromatic heterocycles. The third-order valence-corrected chi connectivity index (χ3v) is 3.80. The minimum atomic E-state index is 0.0862. The summed E-state index contributed by atoms with van der Waals surface area (Å²) < 4.78 is 0. The second kappa shape index (κ2) is 7.11. The molecule has 1 N–H and O–H groups in total. The number of rotatable bonds is 4. The average molecular weight is 289 g/mol. The number of anilines is 1. The van der Waals surface area contributed by atoms with Crippen molar-refractivity contribution < 1.29 is 9.59 Å². The van der Waals surface area contributed by atoms with Crippen LogP contribution in [0.3, 0.4) is 0 Å². The first-order valence-electron chi connectivity index (χ1n) is 7.40. The second-order valence-electron chi connectivity index (χ2n) is 5.43. The molecule has 1 saturated heterocycles. The Bertz CT molecular complexity index is 491. The number of carbonyl (C=O) groups excluding carboxylic acids is 2. The molecule has 1 aliphatic heterocycles. The van der Waals surface area contributed by atoms with Crippen LogP contribution in [0.15, 0.2) is 24.3 Å². The Kier molecular flexibility index (Phi) is 5.20. The van der Waals surface area contributed by atoms with Gasteiger partial charge in [0.2, 0.25) is 11.8 Å². The second-order valence-corrected chi connectivity index (χ2v) is 5.43. The molecule has 0 unspecified atom stereocenters. The van der Waals surface area contributed by atoms with Gasteiger partial charge in [0.25, 0.3) is 0 Å². The SMILES string of the molecule is CC(=O)N1CCN(C(=O)CCNc2ccc(C)cc2)CC1. The van der Waals surface area contributed by atoms with Crippen molar-refractivity contribution in [2.75, 3.05) is 38.0 Å². The Labute approximate surface area is 125 Å². The smallest absolute Gasteiger partial charge is 0.224 e. The summed E-state index contributed by atoms with van der Waals surface area (Å²) in [7, 11) is 0. The molecule has 2 rings (SSSR count). The van der Waals surface area contributed by atoms with Crippen molar-refractivity contribution in [3.63, 3.8) is 0 Å². The third-order valence-electron chi connectivity index (χ3n) is 3.80. The monoisotopic (exact) mass is 289 g/mol. The van der Waals surface area contributed by atoms with Gasteiger partial charge in [0, 0.05) is 51.8 Å². The van der Waals surface area contributed by atoms with E-state index in [4.69, 9.17) is 0 Å². The minimum absolute atomic E-state index is 0.0862. The molecule has 2 amide bonds. The fraction of sp³-hybridized carbons (Fsp3) is 0.500. The molecule has 1 heterocycles. The van der Waals surface area contributed by atoms with Gasteiger partial charge in [-0.2, -0.15) is 0 Å². The van der Waals surface area contributed by atoms with Crippen LogP contribution >= 0.6 is 0 Å². The molecule has 0 atom stereocenters. The van der Waals surface area contributed by atoms with Crippen LogP contribution in [-0.4, -0.2) is 54.3 Å². The summed E-state index contributed by atoms with van der Waals surface area (Å²) >= 11 is 0. The summed E-state index contributed by atoms with van der Waals surface area (Å²) in [6, 6.07) is 8.13. The maximum Gasteiger partial charge on any atom is 0.224 e.